The first kappa shape index (κ1) is 14.3. The van der Waals surface area contributed by atoms with Crippen LogP contribution in [0.5, 0.6) is 0 Å². The molecular weight excluding hydrogens is 300 g/mol. The molecule has 0 saturated heterocycles. The number of hydrogen-bond acceptors (Lipinski definition) is 2. The SMILES string of the molecule is Cc1ccc(C)c(C(NN)c2ccc(Br)cc2C)c1. The summed E-state index contributed by atoms with van der Waals surface area (Å²) in [7, 11) is 0. The molecule has 2 aromatic rings. The smallest absolute Gasteiger partial charge is 0.0715 e. The van der Waals surface area contributed by atoms with Crippen molar-refractivity contribution in [3.63, 3.8) is 0 Å². The van der Waals surface area contributed by atoms with Crippen LogP contribution in [0.25, 0.3) is 0 Å². The van der Waals surface area contributed by atoms with Crippen LogP contribution in [-0.4, -0.2) is 0 Å². The molecule has 19 heavy (non-hydrogen) atoms. The van der Waals surface area contributed by atoms with Crippen molar-refractivity contribution < 1.29 is 0 Å². The topological polar surface area (TPSA) is 38.0 Å². The van der Waals surface area contributed by atoms with Crippen molar-refractivity contribution in [3.05, 3.63) is 68.7 Å². The van der Waals surface area contributed by atoms with Crippen molar-refractivity contribution in [2.45, 2.75) is 26.8 Å². The number of aryl methyl sites for hydroxylation is 3. The van der Waals surface area contributed by atoms with E-state index in [-0.39, 0.29) is 6.04 Å². The Morgan fingerprint density at radius 2 is 1.68 bits per heavy atom. The lowest BCUT2D eigenvalue weighted by Crippen LogP contribution is -2.30. The molecule has 3 heteroatoms. The number of nitrogens with one attached hydrogen (secondary N) is 1. The fourth-order valence-corrected chi connectivity index (χ4v) is 2.86. The van der Waals surface area contributed by atoms with Gasteiger partial charge >= 0.3 is 0 Å². The van der Waals surface area contributed by atoms with Gasteiger partial charge in [0.05, 0.1) is 6.04 Å². The minimum Gasteiger partial charge on any atom is -0.271 e. The summed E-state index contributed by atoms with van der Waals surface area (Å²) in [6.07, 6.45) is 0. The summed E-state index contributed by atoms with van der Waals surface area (Å²) in [5.41, 5.74) is 9.10. The lowest BCUT2D eigenvalue weighted by molar-refractivity contribution is 0.630. The van der Waals surface area contributed by atoms with Crippen molar-refractivity contribution in [2.24, 2.45) is 5.84 Å². The highest BCUT2D eigenvalue weighted by atomic mass is 79.9. The molecule has 2 rings (SSSR count). The molecule has 0 aliphatic rings. The molecule has 100 valence electrons. The van der Waals surface area contributed by atoms with Gasteiger partial charge in [0, 0.05) is 4.47 Å². The van der Waals surface area contributed by atoms with Gasteiger partial charge in [-0.25, -0.2) is 5.43 Å². The molecule has 3 N–H and O–H groups in total. The Labute approximate surface area is 123 Å². The maximum absolute atomic E-state index is 5.80. The van der Waals surface area contributed by atoms with Crippen LogP contribution in [0.2, 0.25) is 0 Å². The average molecular weight is 319 g/mol. The van der Waals surface area contributed by atoms with Gasteiger partial charge in [-0.1, -0.05) is 45.8 Å². The summed E-state index contributed by atoms with van der Waals surface area (Å²) >= 11 is 3.50. The second kappa shape index (κ2) is 5.87. The molecule has 2 nitrogen and oxygen atoms in total. The Bertz CT molecular complexity index is 593. The van der Waals surface area contributed by atoms with Gasteiger partial charge in [0.2, 0.25) is 0 Å². The van der Waals surface area contributed by atoms with Crippen LogP contribution in [0.3, 0.4) is 0 Å². The first-order valence-electron chi connectivity index (χ1n) is 6.32. The second-order valence-electron chi connectivity index (χ2n) is 4.96. The van der Waals surface area contributed by atoms with Gasteiger partial charge < -0.3 is 0 Å². The molecule has 0 aliphatic heterocycles. The lowest BCUT2D eigenvalue weighted by atomic mass is 9.91. The lowest BCUT2D eigenvalue weighted by Gasteiger charge is -2.21. The van der Waals surface area contributed by atoms with Crippen LogP contribution >= 0.6 is 15.9 Å². The van der Waals surface area contributed by atoms with E-state index in [0.717, 1.165) is 4.47 Å². The zero-order valence-electron chi connectivity index (χ0n) is 11.5. The van der Waals surface area contributed by atoms with Gasteiger partial charge in [0.1, 0.15) is 0 Å². The van der Waals surface area contributed by atoms with Gasteiger partial charge in [-0.05, 0) is 55.2 Å². The highest BCUT2D eigenvalue weighted by Gasteiger charge is 2.16. The third-order valence-electron chi connectivity index (χ3n) is 3.46. The number of hydrazine groups is 1. The van der Waals surface area contributed by atoms with Crippen molar-refractivity contribution >= 4 is 15.9 Å². The molecule has 1 unspecified atom stereocenters. The van der Waals surface area contributed by atoms with Crippen molar-refractivity contribution in [2.75, 3.05) is 0 Å². The van der Waals surface area contributed by atoms with Crippen LogP contribution in [0.4, 0.5) is 0 Å². The van der Waals surface area contributed by atoms with Crippen LogP contribution in [-0.2, 0) is 0 Å². The standard InChI is InChI=1S/C16H19BrN2/c1-10-4-5-11(2)15(8-10)16(19-18)14-7-6-13(17)9-12(14)3/h4-9,16,19H,18H2,1-3H3. The normalized spacial score (nSPS) is 12.5. The first-order chi connectivity index (χ1) is 9.02. The maximum Gasteiger partial charge on any atom is 0.0715 e. The summed E-state index contributed by atoms with van der Waals surface area (Å²) in [6, 6.07) is 12.8. The second-order valence-corrected chi connectivity index (χ2v) is 5.88. The molecule has 0 radical (unpaired) electrons. The van der Waals surface area contributed by atoms with Crippen molar-refractivity contribution in [3.8, 4) is 0 Å². The average Bonchev–Trinajstić information content (AvgIpc) is 2.36. The van der Waals surface area contributed by atoms with Gasteiger partial charge in [0.25, 0.3) is 0 Å². The van der Waals surface area contributed by atoms with Crippen molar-refractivity contribution in [1.82, 2.24) is 5.43 Å². The van der Waals surface area contributed by atoms with Crippen LogP contribution in [0.15, 0.2) is 40.9 Å². The summed E-state index contributed by atoms with van der Waals surface area (Å²) in [5.74, 6) is 5.80. The monoisotopic (exact) mass is 318 g/mol. The Morgan fingerprint density at radius 1 is 0.947 bits per heavy atom. The summed E-state index contributed by atoms with van der Waals surface area (Å²) in [6.45, 7) is 6.33. The van der Waals surface area contributed by atoms with E-state index < -0.39 is 0 Å². The van der Waals surface area contributed by atoms with E-state index in [1.54, 1.807) is 0 Å². The zero-order chi connectivity index (χ0) is 14.0. The number of nitrogens with two attached hydrogens (primary N) is 1. The molecule has 0 saturated carbocycles. The van der Waals surface area contributed by atoms with Crippen LogP contribution in [0, 0.1) is 20.8 Å². The minimum absolute atomic E-state index is 0.0213. The van der Waals surface area contributed by atoms with E-state index in [1.807, 2.05) is 0 Å². The quantitative estimate of drug-likeness (QED) is 0.664. The van der Waals surface area contributed by atoms with E-state index in [9.17, 15) is 0 Å². The maximum atomic E-state index is 5.80. The van der Waals surface area contributed by atoms with Crippen molar-refractivity contribution in [1.29, 1.82) is 0 Å². The fraction of sp³-hybridized carbons (Fsp3) is 0.250. The Kier molecular flexibility index (Phi) is 4.40. The van der Waals surface area contributed by atoms with E-state index >= 15 is 0 Å². The molecule has 0 bridgehead atoms. The molecule has 0 fully saturated rings. The molecule has 0 amide bonds. The highest BCUT2D eigenvalue weighted by molar-refractivity contribution is 9.10. The van der Waals surface area contributed by atoms with E-state index in [1.165, 1.54) is 27.8 Å². The Morgan fingerprint density at radius 3 is 2.32 bits per heavy atom. The zero-order valence-corrected chi connectivity index (χ0v) is 13.1. The van der Waals surface area contributed by atoms with Gasteiger partial charge in [-0.15, -0.1) is 0 Å². The third kappa shape index (κ3) is 3.06. The summed E-state index contributed by atoms with van der Waals surface area (Å²) in [4.78, 5) is 0. The first-order valence-corrected chi connectivity index (χ1v) is 7.11. The Hall–Kier alpha value is -1.16. The van der Waals surface area contributed by atoms with Crippen LogP contribution in [0.1, 0.15) is 33.9 Å². The molecule has 1 atom stereocenters. The fourth-order valence-electron chi connectivity index (χ4n) is 2.38. The van der Waals surface area contributed by atoms with Gasteiger partial charge in [-0.3, -0.25) is 5.84 Å². The largest absolute Gasteiger partial charge is 0.271 e. The minimum atomic E-state index is 0.0213. The number of hydrogen-bond donors (Lipinski definition) is 2. The van der Waals surface area contributed by atoms with Gasteiger partial charge in [0.15, 0.2) is 0 Å². The molecule has 2 aromatic carbocycles. The van der Waals surface area contributed by atoms with Gasteiger partial charge in [-0.2, -0.15) is 0 Å². The summed E-state index contributed by atoms with van der Waals surface area (Å²) in [5, 5.41) is 0. The van der Waals surface area contributed by atoms with E-state index in [0.29, 0.717) is 0 Å². The molecule has 0 aromatic heterocycles. The van der Waals surface area contributed by atoms with E-state index in [2.05, 4.69) is 78.5 Å². The van der Waals surface area contributed by atoms with Crippen LogP contribution < -0.4 is 11.3 Å². The number of rotatable bonds is 3. The van der Waals surface area contributed by atoms with E-state index in [4.69, 9.17) is 5.84 Å². The predicted molar refractivity (Wildman–Crippen MR) is 84.0 cm³/mol. The highest BCUT2D eigenvalue weighted by Crippen LogP contribution is 2.29. The summed E-state index contributed by atoms with van der Waals surface area (Å²) < 4.78 is 1.09. The number of benzene rings is 2. The number of halogens is 1. The third-order valence-corrected chi connectivity index (χ3v) is 3.95. The molecule has 0 aliphatic carbocycles. The molecule has 0 spiro atoms. The molecule has 0 heterocycles. The molecular formula is C16H19BrN2. The predicted octanol–water partition coefficient (Wildman–Crippen LogP) is 3.93. The Balaban J connectivity index is 2.52.